The summed E-state index contributed by atoms with van der Waals surface area (Å²) >= 11 is 0. The van der Waals surface area contributed by atoms with Gasteiger partial charge in [-0.2, -0.15) is 0 Å². The van der Waals surface area contributed by atoms with Crippen LogP contribution in [0.2, 0.25) is 0 Å². The molecule has 0 unspecified atom stereocenters. The monoisotopic (exact) mass is 696 g/mol. The number of rotatable bonds is 0. The van der Waals surface area contributed by atoms with E-state index in [0.717, 1.165) is 0 Å². The normalized spacial score (nSPS) is 26.0. The van der Waals surface area contributed by atoms with Crippen LogP contribution in [0.3, 0.4) is 0 Å². The van der Waals surface area contributed by atoms with Crippen LogP contribution < -0.4 is 0 Å². The number of halogens is 24. The molecule has 0 saturated carbocycles. The minimum atomic E-state index is -9.65. The standard InChI is InChI=1S/C12HF24O4P/c13-5(14,15)1(6(16,17)18)2(7(19,20)21,8(22,23)24)38-41(37-1)39-3(9(25,26)27,10(28,29)30)4(40-41,11(31,32)33)12(34,35)36/h41H. The molecule has 2 heterocycles. The maximum absolute atomic E-state index is 13.5. The van der Waals surface area contributed by atoms with Gasteiger partial charge in [0.15, 0.2) is 0 Å². The molecular weight excluding hydrogens is 695 g/mol. The first kappa shape index (κ1) is 35.8. The summed E-state index contributed by atoms with van der Waals surface area (Å²) in [6, 6.07) is 0. The Bertz CT molecular complexity index is 794. The molecule has 2 aliphatic rings. The second kappa shape index (κ2) is 8.40. The average molecular weight is 696 g/mol. The van der Waals surface area contributed by atoms with Crippen molar-refractivity contribution in [2.45, 2.75) is 71.8 Å². The van der Waals surface area contributed by atoms with Gasteiger partial charge in [-0.15, -0.1) is 0 Å². The summed E-state index contributed by atoms with van der Waals surface area (Å²) in [5, 5.41) is 0. The summed E-state index contributed by atoms with van der Waals surface area (Å²) in [6.45, 7) is 0. The van der Waals surface area contributed by atoms with Crippen molar-refractivity contribution in [1.29, 1.82) is 0 Å². The Morgan fingerprint density at radius 2 is 0.341 bits per heavy atom. The molecule has 0 aromatic heterocycles. The summed E-state index contributed by atoms with van der Waals surface area (Å²) in [5.74, 6) is 0. The van der Waals surface area contributed by atoms with Crippen molar-refractivity contribution in [1.82, 2.24) is 0 Å². The molecule has 246 valence electrons. The Balaban J connectivity index is 3.35. The summed E-state index contributed by atoms with van der Waals surface area (Å²) in [7, 11) is -9.65. The molecule has 0 aromatic rings. The van der Waals surface area contributed by atoms with E-state index >= 15 is 0 Å². The molecule has 2 saturated heterocycles. The van der Waals surface area contributed by atoms with Gasteiger partial charge in [0.1, 0.15) is 0 Å². The van der Waals surface area contributed by atoms with Gasteiger partial charge < -0.3 is 0 Å². The van der Waals surface area contributed by atoms with Crippen LogP contribution in [-0.4, -0.2) is 71.8 Å². The van der Waals surface area contributed by atoms with Gasteiger partial charge in [0.25, 0.3) is 0 Å². The quantitative estimate of drug-likeness (QED) is 0.191. The van der Waals surface area contributed by atoms with Crippen molar-refractivity contribution in [3.8, 4) is 0 Å². The summed E-state index contributed by atoms with van der Waals surface area (Å²) in [6.07, 6.45) is -68.0. The molecule has 0 radical (unpaired) electrons. The van der Waals surface area contributed by atoms with Gasteiger partial charge >= 0.3 is 203 Å². The zero-order chi connectivity index (χ0) is 33.3. The topological polar surface area (TPSA) is 36.9 Å². The predicted octanol–water partition coefficient (Wildman–Crippen LogP) is 7.94. The number of hydrogen-bond acceptors (Lipinski definition) is 4. The van der Waals surface area contributed by atoms with Crippen molar-refractivity contribution in [2.75, 3.05) is 0 Å². The molecular formula is C12HF24O4P. The van der Waals surface area contributed by atoms with E-state index in [1.165, 1.54) is 0 Å². The fourth-order valence-electron chi connectivity index (χ4n) is 3.87. The van der Waals surface area contributed by atoms with Crippen LogP contribution in [-0.2, 0) is 18.1 Å². The molecule has 0 atom stereocenters. The first-order valence-electron chi connectivity index (χ1n) is 8.67. The molecule has 0 amide bonds. The minimum absolute atomic E-state index is 2.17. The Morgan fingerprint density at radius 3 is 0.415 bits per heavy atom. The third kappa shape index (κ3) is 4.08. The Labute approximate surface area is 205 Å². The van der Waals surface area contributed by atoms with E-state index in [4.69, 9.17) is 0 Å². The second-order valence-corrected chi connectivity index (χ2v) is 9.43. The maximum atomic E-state index is 13.5. The zero-order valence-corrected chi connectivity index (χ0v) is 18.2. The fraction of sp³-hybridized carbons (Fsp3) is 1.00. The van der Waals surface area contributed by atoms with Crippen molar-refractivity contribution in [3.63, 3.8) is 0 Å². The first-order valence-corrected chi connectivity index (χ1v) is 10.3. The SMILES string of the molecule is FC(F)(F)C1(C(F)(F)F)O[PH]2(OC1(C(F)(F)F)C(F)(F)F)OC(C(F)(F)F)(C(F)(F)F)C(C(F)(F)F)(C(F)(F)F)O2. The van der Waals surface area contributed by atoms with Crippen LogP contribution in [0, 0.1) is 0 Å². The summed E-state index contributed by atoms with van der Waals surface area (Å²) in [4.78, 5) is 0. The zero-order valence-electron chi connectivity index (χ0n) is 17.2. The molecule has 29 heteroatoms. The summed E-state index contributed by atoms with van der Waals surface area (Å²) in [5.41, 5.74) is -33.9. The fourth-order valence-corrected chi connectivity index (χ4v) is 7.12. The molecule has 0 aliphatic carbocycles. The molecule has 2 aliphatic heterocycles. The molecule has 4 nitrogen and oxygen atoms in total. The van der Waals surface area contributed by atoms with Crippen LogP contribution in [0.1, 0.15) is 0 Å². The molecule has 1 spiro atoms. The van der Waals surface area contributed by atoms with Gasteiger partial charge in [0.05, 0.1) is 0 Å². The van der Waals surface area contributed by atoms with Gasteiger partial charge in [-0.25, -0.2) is 0 Å². The number of alkyl halides is 24. The van der Waals surface area contributed by atoms with Crippen molar-refractivity contribution < 1.29 is 123 Å². The van der Waals surface area contributed by atoms with Crippen molar-refractivity contribution in [2.24, 2.45) is 0 Å². The molecule has 0 bridgehead atoms. The van der Waals surface area contributed by atoms with Crippen molar-refractivity contribution >= 4 is 8.17 Å². The molecule has 2 fully saturated rings. The van der Waals surface area contributed by atoms with Gasteiger partial charge in [0, 0.05) is 0 Å². The van der Waals surface area contributed by atoms with Crippen LogP contribution in [0.4, 0.5) is 105 Å². The van der Waals surface area contributed by atoms with E-state index in [0.29, 0.717) is 0 Å². The van der Waals surface area contributed by atoms with Gasteiger partial charge in [-0.1, -0.05) is 0 Å². The van der Waals surface area contributed by atoms with Crippen molar-refractivity contribution in [3.05, 3.63) is 0 Å². The predicted molar refractivity (Wildman–Crippen MR) is 72.0 cm³/mol. The van der Waals surface area contributed by atoms with E-state index in [1.807, 2.05) is 0 Å². The van der Waals surface area contributed by atoms with E-state index in [1.54, 1.807) is 0 Å². The van der Waals surface area contributed by atoms with Crippen LogP contribution in [0.25, 0.3) is 0 Å². The number of hydrogen-bond donors (Lipinski definition) is 0. The van der Waals surface area contributed by atoms with Crippen LogP contribution in [0.5, 0.6) is 0 Å². The van der Waals surface area contributed by atoms with E-state index < -0.39 is 80.0 Å². The second-order valence-electron chi connectivity index (χ2n) is 7.62. The Kier molecular flexibility index (Phi) is 7.33. The Morgan fingerprint density at radius 1 is 0.244 bits per heavy atom. The van der Waals surface area contributed by atoms with Crippen LogP contribution >= 0.6 is 8.17 Å². The van der Waals surface area contributed by atoms with E-state index in [-0.39, 0.29) is 0 Å². The van der Waals surface area contributed by atoms with Gasteiger partial charge in [-0.3, -0.25) is 0 Å². The summed E-state index contributed by atoms with van der Waals surface area (Å²) < 4.78 is 333. The average Bonchev–Trinajstić information content (AvgIpc) is 3.12. The third-order valence-electron chi connectivity index (χ3n) is 5.30. The molecule has 0 aromatic carbocycles. The van der Waals surface area contributed by atoms with Gasteiger partial charge in [-0.05, 0) is 0 Å². The Hall–Kier alpha value is -1.41. The third-order valence-corrected chi connectivity index (χ3v) is 7.52. The van der Waals surface area contributed by atoms with E-state index in [2.05, 4.69) is 18.1 Å². The molecule has 2 rings (SSSR count). The molecule has 41 heavy (non-hydrogen) atoms. The van der Waals surface area contributed by atoms with Crippen LogP contribution in [0.15, 0.2) is 0 Å². The van der Waals surface area contributed by atoms with Gasteiger partial charge in [0.2, 0.25) is 0 Å². The van der Waals surface area contributed by atoms with E-state index in [9.17, 15) is 105 Å². The first-order chi connectivity index (χ1) is 17.3. The molecule has 0 N–H and O–H groups in total.